The van der Waals surface area contributed by atoms with Crippen LogP contribution in [-0.4, -0.2) is 16.3 Å². The SMILES string of the molecule is Cc1ccc(C(=O)c2ccc3n2CCCC3C(=O)[O-])cc1.[Na+]. The summed E-state index contributed by atoms with van der Waals surface area (Å²) >= 11 is 0. The molecule has 2 aromatic rings. The van der Waals surface area contributed by atoms with Crippen LogP contribution in [0.15, 0.2) is 36.4 Å². The number of rotatable bonds is 3. The number of nitrogens with zero attached hydrogens (tertiary/aromatic N) is 1. The van der Waals surface area contributed by atoms with Gasteiger partial charge in [-0.1, -0.05) is 29.8 Å². The molecule has 1 aliphatic rings. The maximum atomic E-state index is 12.6. The van der Waals surface area contributed by atoms with Crippen LogP contribution in [0, 0.1) is 6.92 Å². The first-order valence-electron chi connectivity index (χ1n) is 7.09. The second kappa shape index (κ2) is 6.82. The van der Waals surface area contributed by atoms with Crippen molar-refractivity contribution in [3.8, 4) is 0 Å². The van der Waals surface area contributed by atoms with Crippen molar-refractivity contribution < 1.29 is 44.3 Å². The monoisotopic (exact) mass is 305 g/mol. The van der Waals surface area contributed by atoms with Gasteiger partial charge >= 0.3 is 29.6 Å². The van der Waals surface area contributed by atoms with E-state index in [1.54, 1.807) is 24.3 Å². The van der Waals surface area contributed by atoms with Crippen molar-refractivity contribution in [2.24, 2.45) is 0 Å². The number of carbonyl (C=O) groups is 2. The molecule has 3 rings (SSSR count). The Morgan fingerprint density at radius 1 is 1.14 bits per heavy atom. The Hall–Kier alpha value is -1.36. The summed E-state index contributed by atoms with van der Waals surface area (Å²) in [4.78, 5) is 23.8. The van der Waals surface area contributed by atoms with E-state index in [-0.39, 0.29) is 35.3 Å². The van der Waals surface area contributed by atoms with Crippen molar-refractivity contribution in [2.45, 2.75) is 32.2 Å². The van der Waals surface area contributed by atoms with Gasteiger partial charge in [0.1, 0.15) is 0 Å². The molecule has 5 heteroatoms. The van der Waals surface area contributed by atoms with Gasteiger partial charge < -0.3 is 14.5 Å². The fraction of sp³-hybridized carbons (Fsp3) is 0.294. The summed E-state index contributed by atoms with van der Waals surface area (Å²) in [6.07, 6.45) is 1.32. The minimum Gasteiger partial charge on any atom is -0.549 e. The van der Waals surface area contributed by atoms with Gasteiger partial charge in [-0.25, -0.2) is 0 Å². The van der Waals surface area contributed by atoms with Crippen molar-refractivity contribution >= 4 is 11.8 Å². The number of hydrogen-bond acceptors (Lipinski definition) is 3. The number of benzene rings is 1. The Kier molecular flexibility index (Phi) is 5.27. The summed E-state index contributed by atoms with van der Waals surface area (Å²) in [5.41, 5.74) is 2.95. The van der Waals surface area contributed by atoms with Gasteiger partial charge in [-0.05, 0) is 31.9 Å². The minimum absolute atomic E-state index is 0. The predicted octanol–water partition coefficient (Wildman–Crippen LogP) is -1.34. The standard InChI is InChI=1S/C17H17NO3.Na/c1-11-4-6-12(7-5-11)16(19)15-9-8-14-13(17(20)21)3-2-10-18(14)15;/h4-9,13H,2-3,10H2,1H3,(H,20,21);/q;+1/p-1. The van der Waals surface area contributed by atoms with E-state index in [1.165, 1.54) is 0 Å². The molecule has 108 valence electrons. The molecule has 0 radical (unpaired) electrons. The largest absolute Gasteiger partial charge is 1.00 e. The molecule has 0 amide bonds. The average molecular weight is 305 g/mol. The number of aromatic nitrogens is 1. The van der Waals surface area contributed by atoms with Crippen LogP contribution in [0.3, 0.4) is 0 Å². The second-order valence-corrected chi connectivity index (χ2v) is 5.50. The van der Waals surface area contributed by atoms with Crippen LogP contribution in [0.1, 0.15) is 46.1 Å². The van der Waals surface area contributed by atoms with E-state index in [0.29, 0.717) is 29.9 Å². The molecule has 22 heavy (non-hydrogen) atoms. The van der Waals surface area contributed by atoms with Crippen LogP contribution in [0.2, 0.25) is 0 Å². The Morgan fingerprint density at radius 3 is 2.45 bits per heavy atom. The molecule has 0 N–H and O–H groups in total. The average Bonchev–Trinajstić information content (AvgIpc) is 2.90. The van der Waals surface area contributed by atoms with Crippen LogP contribution >= 0.6 is 0 Å². The molecule has 0 saturated heterocycles. The third-order valence-electron chi connectivity index (χ3n) is 4.08. The molecule has 2 heterocycles. The Bertz CT molecular complexity index is 703. The van der Waals surface area contributed by atoms with Gasteiger partial charge in [0.15, 0.2) is 0 Å². The number of carboxylic acids is 1. The molecule has 0 saturated carbocycles. The van der Waals surface area contributed by atoms with E-state index in [9.17, 15) is 14.7 Å². The molecule has 1 aromatic carbocycles. The molecule has 0 spiro atoms. The third kappa shape index (κ3) is 3.05. The number of fused-ring (bicyclic) bond motifs is 1. The van der Waals surface area contributed by atoms with Crippen LogP contribution in [0.5, 0.6) is 0 Å². The molecule has 0 aliphatic carbocycles. The first kappa shape index (κ1) is 17.0. The van der Waals surface area contributed by atoms with E-state index in [2.05, 4.69) is 0 Å². The van der Waals surface area contributed by atoms with Crippen molar-refractivity contribution in [1.82, 2.24) is 4.57 Å². The summed E-state index contributed by atoms with van der Waals surface area (Å²) < 4.78 is 1.83. The summed E-state index contributed by atoms with van der Waals surface area (Å²) in [5, 5.41) is 11.2. The maximum Gasteiger partial charge on any atom is 1.00 e. The fourth-order valence-electron chi connectivity index (χ4n) is 2.93. The molecule has 4 nitrogen and oxygen atoms in total. The molecule has 1 aromatic heterocycles. The number of carboxylic acid groups (broad SMARTS) is 1. The van der Waals surface area contributed by atoms with Gasteiger partial charge in [0.2, 0.25) is 5.78 Å². The first-order chi connectivity index (χ1) is 10.1. The zero-order valence-corrected chi connectivity index (χ0v) is 14.8. The van der Waals surface area contributed by atoms with Crippen LogP contribution < -0.4 is 34.7 Å². The number of aryl methyl sites for hydroxylation is 1. The summed E-state index contributed by atoms with van der Waals surface area (Å²) in [6.45, 7) is 2.65. The minimum atomic E-state index is -1.07. The van der Waals surface area contributed by atoms with Crippen molar-refractivity contribution in [3.63, 3.8) is 0 Å². The molecule has 1 aliphatic heterocycles. The van der Waals surface area contributed by atoms with Gasteiger partial charge in [0, 0.05) is 23.7 Å². The van der Waals surface area contributed by atoms with E-state index in [1.807, 2.05) is 23.6 Å². The summed E-state index contributed by atoms with van der Waals surface area (Å²) in [6, 6.07) is 10.9. The molecular formula is C17H16NNaO3. The summed E-state index contributed by atoms with van der Waals surface area (Å²) in [7, 11) is 0. The fourth-order valence-corrected chi connectivity index (χ4v) is 2.93. The van der Waals surface area contributed by atoms with Crippen LogP contribution in [0.25, 0.3) is 0 Å². The van der Waals surface area contributed by atoms with Crippen molar-refractivity contribution in [2.75, 3.05) is 0 Å². The number of aliphatic carboxylic acids is 1. The van der Waals surface area contributed by atoms with Gasteiger partial charge in [-0.3, -0.25) is 4.79 Å². The second-order valence-electron chi connectivity index (χ2n) is 5.50. The molecule has 1 unspecified atom stereocenters. The number of hydrogen-bond donors (Lipinski definition) is 0. The smallest absolute Gasteiger partial charge is 0.549 e. The Morgan fingerprint density at radius 2 is 1.82 bits per heavy atom. The van der Waals surface area contributed by atoms with Crippen LogP contribution in [0.4, 0.5) is 0 Å². The normalized spacial score (nSPS) is 16.5. The third-order valence-corrected chi connectivity index (χ3v) is 4.08. The predicted molar refractivity (Wildman–Crippen MR) is 76.0 cm³/mol. The van der Waals surface area contributed by atoms with Gasteiger partial charge in [-0.15, -0.1) is 0 Å². The van der Waals surface area contributed by atoms with E-state index in [4.69, 9.17) is 0 Å². The summed E-state index contributed by atoms with van der Waals surface area (Å²) in [5.74, 6) is -1.75. The zero-order valence-electron chi connectivity index (χ0n) is 12.8. The van der Waals surface area contributed by atoms with Crippen LogP contribution in [-0.2, 0) is 11.3 Å². The van der Waals surface area contributed by atoms with E-state index >= 15 is 0 Å². The quantitative estimate of drug-likeness (QED) is 0.521. The zero-order chi connectivity index (χ0) is 15.0. The van der Waals surface area contributed by atoms with Crippen molar-refractivity contribution in [1.29, 1.82) is 0 Å². The Labute approximate surface area is 151 Å². The molecular weight excluding hydrogens is 289 g/mol. The molecule has 0 fully saturated rings. The van der Waals surface area contributed by atoms with Gasteiger partial charge in [0.25, 0.3) is 0 Å². The number of ketones is 1. The van der Waals surface area contributed by atoms with E-state index < -0.39 is 11.9 Å². The molecule has 1 atom stereocenters. The topological polar surface area (TPSA) is 62.1 Å². The number of carbonyl (C=O) groups excluding carboxylic acids is 2. The molecule has 0 bridgehead atoms. The first-order valence-corrected chi connectivity index (χ1v) is 7.09. The van der Waals surface area contributed by atoms with Gasteiger partial charge in [-0.2, -0.15) is 0 Å². The Balaban J connectivity index is 0.00000176. The maximum absolute atomic E-state index is 12.6. The van der Waals surface area contributed by atoms with Gasteiger partial charge in [0.05, 0.1) is 11.7 Å². The van der Waals surface area contributed by atoms with E-state index in [0.717, 1.165) is 12.0 Å². The van der Waals surface area contributed by atoms with Crippen molar-refractivity contribution in [3.05, 3.63) is 58.9 Å².